The maximum absolute atomic E-state index is 12.5. The molecule has 1 unspecified atom stereocenters. The fraction of sp³-hybridized carbons (Fsp3) is 0.267. The molecule has 1 heterocycles. The van der Waals surface area contributed by atoms with Crippen molar-refractivity contribution in [3.63, 3.8) is 0 Å². The quantitative estimate of drug-likeness (QED) is 0.694. The van der Waals surface area contributed by atoms with E-state index in [-0.39, 0.29) is 17.5 Å². The number of hydrogen-bond acceptors (Lipinski definition) is 5. The van der Waals surface area contributed by atoms with Crippen molar-refractivity contribution in [1.82, 2.24) is 4.98 Å². The molecule has 23 heavy (non-hydrogen) atoms. The fourth-order valence-electron chi connectivity index (χ4n) is 1.83. The van der Waals surface area contributed by atoms with E-state index >= 15 is 0 Å². The van der Waals surface area contributed by atoms with E-state index in [0.717, 1.165) is 5.56 Å². The number of pyridine rings is 1. The molecule has 0 saturated carbocycles. The van der Waals surface area contributed by atoms with E-state index in [1.807, 2.05) is 6.92 Å². The van der Waals surface area contributed by atoms with Gasteiger partial charge in [0.05, 0.1) is 17.2 Å². The van der Waals surface area contributed by atoms with Crippen molar-refractivity contribution in [2.45, 2.75) is 24.8 Å². The highest BCUT2D eigenvalue weighted by atomic mass is 79.9. The van der Waals surface area contributed by atoms with Gasteiger partial charge in [-0.2, -0.15) is 0 Å². The summed E-state index contributed by atoms with van der Waals surface area (Å²) in [6, 6.07) is 7.93. The van der Waals surface area contributed by atoms with Crippen molar-refractivity contribution in [3.05, 3.63) is 46.6 Å². The molecule has 0 aliphatic heterocycles. The minimum Gasteiger partial charge on any atom is -0.394 e. The second-order valence-corrected chi connectivity index (χ2v) is 7.79. The van der Waals surface area contributed by atoms with Crippen LogP contribution in [0.1, 0.15) is 12.5 Å². The highest BCUT2D eigenvalue weighted by molar-refractivity contribution is 9.10. The number of nitrogens with zero attached hydrogens (tertiary/aromatic N) is 1. The minimum atomic E-state index is -3.73. The van der Waals surface area contributed by atoms with Gasteiger partial charge in [-0.1, -0.05) is 17.7 Å². The predicted molar refractivity (Wildman–Crippen MR) is 94.1 cm³/mol. The van der Waals surface area contributed by atoms with Crippen molar-refractivity contribution >= 4 is 37.5 Å². The first-order chi connectivity index (χ1) is 10.8. The summed E-state index contributed by atoms with van der Waals surface area (Å²) < 4.78 is 28.2. The van der Waals surface area contributed by atoms with Gasteiger partial charge in [0.2, 0.25) is 0 Å². The summed E-state index contributed by atoms with van der Waals surface area (Å²) in [5, 5.41) is 12.1. The van der Waals surface area contributed by atoms with Gasteiger partial charge in [-0.3, -0.25) is 4.72 Å². The molecule has 2 aromatic rings. The third-order valence-electron chi connectivity index (χ3n) is 3.09. The van der Waals surface area contributed by atoms with Crippen LogP contribution in [0, 0.1) is 6.92 Å². The Morgan fingerprint density at radius 2 is 1.96 bits per heavy atom. The SMILES string of the molecule is Cc1ccc(S(=O)(=O)Nc2cc(Br)cnc2NC(C)CO)cc1. The Morgan fingerprint density at radius 3 is 2.57 bits per heavy atom. The third kappa shape index (κ3) is 4.66. The number of rotatable bonds is 6. The average molecular weight is 400 g/mol. The van der Waals surface area contributed by atoms with E-state index in [0.29, 0.717) is 16.0 Å². The molecule has 1 aromatic carbocycles. The smallest absolute Gasteiger partial charge is 0.262 e. The third-order valence-corrected chi connectivity index (χ3v) is 4.90. The standard InChI is InChI=1S/C15H18BrN3O3S/c1-10-3-5-13(6-4-10)23(21,22)19-14-7-12(16)8-17-15(14)18-11(2)9-20/h3-8,11,19-20H,9H2,1-2H3,(H,17,18). The Labute approximate surface area is 144 Å². The van der Waals surface area contributed by atoms with Crippen LogP contribution in [0.25, 0.3) is 0 Å². The van der Waals surface area contributed by atoms with Crippen LogP contribution in [0.5, 0.6) is 0 Å². The van der Waals surface area contributed by atoms with Gasteiger partial charge in [0, 0.05) is 16.7 Å². The normalized spacial score (nSPS) is 12.7. The van der Waals surface area contributed by atoms with E-state index in [9.17, 15) is 8.42 Å². The lowest BCUT2D eigenvalue weighted by molar-refractivity contribution is 0.281. The van der Waals surface area contributed by atoms with Crippen LogP contribution in [0.15, 0.2) is 45.9 Å². The zero-order chi connectivity index (χ0) is 17.0. The summed E-state index contributed by atoms with van der Waals surface area (Å²) in [6.07, 6.45) is 1.55. The van der Waals surface area contributed by atoms with Crippen LogP contribution in [0.2, 0.25) is 0 Å². The first-order valence-corrected chi connectivity index (χ1v) is 9.22. The van der Waals surface area contributed by atoms with E-state index < -0.39 is 10.0 Å². The molecule has 0 bridgehead atoms. The van der Waals surface area contributed by atoms with Crippen molar-refractivity contribution < 1.29 is 13.5 Å². The molecular weight excluding hydrogens is 382 g/mol. The van der Waals surface area contributed by atoms with Gasteiger partial charge in [0.15, 0.2) is 5.82 Å². The largest absolute Gasteiger partial charge is 0.394 e. The summed E-state index contributed by atoms with van der Waals surface area (Å²) in [5.41, 5.74) is 1.28. The summed E-state index contributed by atoms with van der Waals surface area (Å²) in [5.74, 6) is 0.352. The molecule has 0 saturated heterocycles. The summed E-state index contributed by atoms with van der Waals surface area (Å²) in [4.78, 5) is 4.33. The van der Waals surface area contributed by atoms with Gasteiger partial charge in [0.25, 0.3) is 10.0 Å². The van der Waals surface area contributed by atoms with E-state index in [1.165, 1.54) is 0 Å². The number of aliphatic hydroxyl groups is 1. The second-order valence-electron chi connectivity index (χ2n) is 5.20. The molecule has 6 nitrogen and oxygen atoms in total. The lowest BCUT2D eigenvalue weighted by atomic mass is 10.2. The number of nitrogens with one attached hydrogen (secondary N) is 2. The van der Waals surface area contributed by atoms with E-state index in [2.05, 4.69) is 31.0 Å². The zero-order valence-corrected chi connectivity index (χ0v) is 15.1. The lowest BCUT2D eigenvalue weighted by Crippen LogP contribution is -2.22. The van der Waals surface area contributed by atoms with Crippen molar-refractivity contribution in [1.29, 1.82) is 0 Å². The van der Waals surface area contributed by atoms with E-state index in [4.69, 9.17) is 5.11 Å². The van der Waals surface area contributed by atoms with Crippen LogP contribution >= 0.6 is 15.9 Å². The van der Waals surface area contributed by atoms with Crippen LogP contribution in [0.3, 0.4) is 0 Å². The number of aryl methyl sites for hydroxylation is 1. The monoisotopic (exact) mass is 399 g/mol. The van der Waals surface area contributed by atoms with Gasteiger partial charge in [-0.15, -0.1) is 0 Å². The second kappa shape index (κ2) is 7.29. The van der Waals surface area contributed by atoms with Gasteiger partial charge in [0.1, 0.15) is 0 Å². The van der Waals surface area contributed by atoms with Gasteiger partial charge >= 0.3 is 0 Å². The fourth-order valence-corrected chi connectivity index (χ4v) is 3.22. The predicted octanol–water partition coefficient (Wildman–Crippen LogP) is 2.75. The number of benzene rings is 1. The van der Waals surface area contributed by atoms with Gasteiger partial charge in [-0.25, -0.2) is 13.4 Å². The van der Waals surface area contributed by atoms with Crippen LogP contribution in [0.4, 0.5) is 11.5 Å². The van der Waals surface area contributed by atoms with Crippen LogP contribution in [-0.4, -0.2) is 31.2 Å². The van der Waals surface area contributed by atoms with Crippen molar-refractivity contribution in [2.24, 2.45) is 0 Å². The summed E-state index contributed by atoms with van der Waals surface area (Å²) in [6.45, 7) is 3.56. The Kier molecular flexibility index (Phi) is 5.61. The number of anilines is 2. The van der Waals surface area contributed by atoms with E-state index in [1.54, 1.807) is 43.5 Å². The number of hydrogen-bond donors (Lipinski definition) is 3. The number of aromatic nitrogens is 1. The zero-order valence-electron chi connectivity index (χ0n) is 12.7. The van der Waals surface area contributed by atoms with Gasteiger partial charge < -0.3 is 10.4 Å². The summed E-state index contributed by atoms with van der Waals surface area (Å²) in [7, 11) is -3.73. The topological polar surface area (TPSA) is 91.3 Å². The maximum Gasteiger partial charge on any atom is 0.262 e. The van der Waals surface area contributed by atoms with Crippen LogP contribution in [-0.2, 0) is 10.0 Å². The first kappa shape index (κ1) is 17.7. The molecule has 8 heteroatoms. The molecule has 0 amide bonds. The maximum atomic E-state index is 12.5. The number of aliphatic hydroxyl groups excluding tert-OH is 1. The lowest BCUT2D eigenvalue weighted by Gasteiger charge is -2.16. The molecule has 1 atom stereocenters. The Bertz CT molecular complexity index is 779. The molecule has 2 rings (SSSR count). The van der Waals surface area contributed by atoms with Crippen molar-refractivity contribution in [2.75, 3.05) is 16.6 Å². The molecule has 124 valence electrons. The Hall–Kier alpha value is -1.64. The highest BCUT2D eigenvalue weighted by Crippen LogP contribution is 2.26. The van der Waals surface area contributed by atoms with Crippen LogP contribution < -0.4 is 10.0 Å². The van der Waals surface area contributed by atoms with Gasteiger partial charge in [-0.05, 0) is 48.0 Å². The molecule has 0 radical (unpaired) electrons. The Morgan fingerprint density at radius 1 is 1.30 bits per heavy atom. The summed E-state index contributed by atoms with van der Waals surface area (Å²) >= 11 is 3.28. The van der Waals surface area contributed by atoms with Crippen molar-refractivity contribution in [3.8, 4) is 0 Å². The molecular formula is C15H18BrN3O3S. The molecule has 0 fully saturated rings. The highest BCUT2D eigenvalue weighted by Gasteiger charge is 2.17. The molecule has 0 aliphatic rings. The average Bonchev–Trinajstić information content (AvgIpc) is 2.50. The number of sulfonamides is 1. The molecule has 0 spiro atoms. The molecule has 0 aliphatic carbocycles. The molecule has 1 aromatic heterocycles. The Balaban J connectivity index is 2.34. The minimum absolute atomic E-state index is 0.0953. The molecule has 3 N–H and O–H groups in total. The first-order valence-electron chi connectivity index (χ1n) is 6.94. The number of halogens is 1.